The van der Waals surface area contributed by atoms with Gasteiger partial charge in [0.2, 0.25) is 0 Å². The summed E-state index contributed by atoms with van der Waals surface area (Å²) >= 11 is 0. The maximum atomic E-state index is 4.19. The van der Waals surface area contributed by atoms with Crippen LogP contribution in [0.15, 0.2) is 0 Å². The predicted octanol–water partition coefficient (Wildman–Crippen LogP) is 3.02. The van der Waals surface area contributed by atoms with Crippen molar-refractivity contribution in [1.29, 1.82) is 0 Å². The fourth-order valence-electron chi connectivity index (χ4n) is 2.45. The fraction of sp³-hybridized carbons (Fsp3) is 0.750. The summed E-state index contributed by atoms with van der Waals surface area (Å²) in [6.45, 7) is 5.23. The lowest BCUT2D eigenvalue weighted by molar-refractivity contribution is 0.373. The molecular weight excluding hydrogens is 186 g/mol. The highest BCUT2D eigenvalue weighted by atomic mass is 15.1. The Hall–Kier alpha value is -0.990. The predicted molar refractivity (Wildman–Crippen MR) is 63.1 cm³/mol. The van der Waals surface area contributed by atoms with Gasteiger partial charge in [0.05, 0.1) is 17.1 Å². The molecule has 0 saturated heterocycles. The average molecular weight is 207 g/mol. The van der Waals surface area contributed by atoms with E-state index in [-0.39, 0.29) is 0 Å². The van der Waals surface area contributed by atoms with E-state index in [2.05, 4.69) is 22.4 Å². The van der Waals surface area contributed by atoms with Gasteiger partial charge >= 0.3 is 0 Å². The second-order valence-corrected chi connectivity index (χ2v) is 4.69. The number of hydrogen-bond donors (Lipinski definition) is 2. The van der Waals surface area contributed by atoms with Crippen LogP contribution < -0.4 is 5.32 Å². The molecule has 0 amide bonds. The molecule has 0 atom stereocenters. The molecule has 1 aliphatic rings. The number of aromatic amines is 1. The van der Waals surface area contributed by atoms with E-state index in [1.807, 2.05) is 6.92 Å². The number of nitrogens with zero attached hydrogens (tertiary/aromatic N) is 1. The molecule has 1 heterocycles. The summed E-state index contributed by atoms with van der Waals surface area (Å²) in [5, 5.41) is 10.7. The van der Waals surface area contributed by atoms with Gasteiger partial charge in [-0.05, 0) is 32.6 Å². The Bertz CT molecular complexity index is 291. The smallest absolute Gasteiger partial charge is 0.0825 e. The summed E-state index contributed by atoms with van der Waals surface area (Å²) in [5.74, 6) is 0.868. The lowest BCUT2D eigenvalue weighted by atomic mass is 9.89. The summed E-state index contributed by atoms with van der Waals surface area (Å²) in [4.78, 5) is 0. The van der Waals surface area contributed by atoms with Gasteiger partial charge in [0, 0.05) is 6.54 Å². The molecule has 1 aromatic rings. The molecule has 1 saturated carbocycles. The number of anilines is 1. The molecule has 0 radical (unpaired) electrons. The van der Waals surface area contributed by atoms with Crippen LogP contribution in [0, 0.1) is 19.8 Å². The summed E-state index contributed by atoms with van der Waals surface area (Å²) in [6, 6.07) is 0. The van der Waals surface area contributed by atoms with Crippen molar-refractivity contribution in [3.8, 4) is 0 Å². The van der Waals surface area contributed by atoms with E-state index in [0.717, 1.165) is 23.9 Å². The van der Waals surface area contributed by atoms with Crippen molar-refractivity contribution < 1.29 is 0 Å². The minimum Gasteiger partial charge on any atom is -0.382 e. The zero-order valence-corrected chi connectivity index (χ0v) is 9.77. The summed E-state index contributed by atoms with van der Waals surface area (Å²) in [7, 11) is 0. The van der Waals surface area contributed by atoms with E-state index in [0.29, 0.717) is 0 Å². The quantitative estimate of drug-likeness (QED) is 0.800. The summed E-state index contributed by atoms with van der Waals surface area (Å²) < 4.78 is 0. The van der Waals surface area contributed by atoms with Crippen molar-refractivity contribution in [2.45, 2.75) is 46.0 Å². The largest absolute Gasteiger partial charge is 0.382 e. The monoisotopic (exact) mass is 207 g/mol. The van der Waals surface area contributed by atoms with Crippen molar-refractivity contribution in [2.24, 2.45) is 5.92 Å². The van der Waals surface area contributed by atoms with Gasteiger partial charge in [-0.2, -0.15) is 5.10 Å². The second-order valence-electron chi connectivity index (χ2n) is 4.69. The zero-order chi connectivity index (χ0) is 10.7. The number of aryl methyl sites for hydroxylation is 2. The van der Waals surface area contributed by atoms with Gasteiger partial charge in [-0.1, -0.05) is 19.3 Å². The Labute approximate surface area is 91.7 Å². The molecule has 1 aliphatic carbocycles. The Morgan fingerprint density at radius 3 is 2.60 bits per heavy atom. The van der Waals surface area contributed by atoms with Gasteiger partial charge < -0.3 is 5.32 Å². The highest BCUT2D eigenvalue weighted by Gasteiger charge is 2.14. The van der Waals surface area contributed by atoms with Crippen LogP contribution in [-0.4, -0.2) is 16.7 Å². The van der Waals surface area contributed by atoms with E-state index in [9.17, 15) is 0 Å². The van der Waals surface area contributed by atoms with Crippen LogP contribution in [0.3, 0.4) is 0 Å². The molecule has 0 aliphatic heterocycles. The molecule has 2 rings (SSSR count). The average Bonchev–Trinajstić information content (AvgIpc) is 2.58. The minimum absolute atomic E-state index is 0.868. The highest BCUT2D eigenvalue weighted by molar-refractivity contribution is 5.51. The van der Waals surface area contributed by atoms with Crippen molar-refractivity contribution in [3.63, 3.8) is 0 Å². The number of nitrogens with one attached hydrogen (secondary N) is 2. The molecule has 0 spiro atoms. The van der Waals surface area contributed by atoms with E-state index in [1.54, 1.807) is 0 Å². The van der Waals surface area contributed by atoms with Crippen molar-refractivity contribution in [1.82, 2.24) is 10.2 Å². The van der Waals surface area contributed by atoms with E-state index in [4.69, 9.17) is 0 Å². The second kappa shape index (κ2) is 4.69. The summed E-state index contributed by atoms with van der Waals surface area (Å²) in [6.07, 6.45) is 7.04. The van der Waals surface area contributed by atoms with Gasteiger partial charge in [-0.3, -0.25) is 5.10 Å². The van der Waals surface area contributed by atoms with Crippen LogP contribution >= 0.6 is 0 Å². The third kappa shape index (κ3) is 2.52. The Morgan fingerprint density at radius 2 is 2.00 bits per heavy atom. The van der Waals surface area contributed by atoms with Crippen LogP contribution in [0.2, 0.25) is 0 Å². The fourth-order valence-corrected chi connectivity index (χ4v) is 2.45. The molecule has 1 aromatic heterocycles. The first-order valence-electron chi connectivity index (χ1n) is 6.03. The molecule has 2 N–H and O–H groups in total. The first-order valence-corrected chi connectivity index (χ1v) is 6.03. The molecule has 84 valence electrons. The normalized spacial score (nSPS) is 18.0. The van der Waals surface area contributed by atoms with Crippen LogP contribution in [0.1, 0.15) is 43.5 Å². The molecule has 3 nitrogen and oxygen atoms in total. The van der Waals surface area contributed by atoms with Crippen LogP contribution in [0.4, 0.5) is 5.69 Å². The number of hydrogen-bond acceptors (Lipinski definition) is 2. The van der Waals surface area contributed by atoms with Gasteiger partial charge in [-0.25, -0.2) is 0 Å². The standard InChI is InChI=1S/C12H21N3/c1-9-12(10(2)15-14-9)13-8-11-6-4-3-5-7-11/h11,13H,3-8H2,1-2H3,(H,14,15). The van der Waals surface area contributed by atoms with Gasteiger partial charge in [0.25, 0.3) is 0 Å². The molecular formula is C12H21N3. The lowest BCUT2D eigenvalue weighted by Crippen LogP contribution is -2.17. The molecule has 0 aromatic carbocycles. The number of aromatic nitrogens is 2. The van der Waals surface area contributed by atoms with Crippen molar-refractivity contribution >= 4 is 5.69 Å². The van der Waals surface area contributed by atoms with E-state index >= 15 is 0 Å². The first-order chi connectivity index (χ1) is 7.27. The summed E-state index contributed by atoms with van der Waals surface area (Å²) in [5.41, 5.74) is 3.45. The molecule has 0 unspecified atom stereocenters. The lowest BCUT2D eigenvalue weighted by Gasteiger charge is -2.22. The molecule has 0 bridgehead atoms. The zero-order valence-electron chi connectivity index (χ0n) is 9.77. The van der Waals surface area contributed by atoms with Crippen LogP contribution in [0.25, 0.3) is 0 Å². The Morgan fingerprint density at radius 1 is 1.27 bits per heavy atom. The van der Waals surface area contributed by atoms with Crippen molar-refractivity contribution in [2.75, 3.05) is 11.9 Å². The van der Waals surface area contributed by atoms with Gasteiger partial charge in [0.1, 0.15) is 0 Å². The Kier molecular flexibility index (Phi) is 3.29. The topological polar surface area (TPSA) is 40.7 Å². The molecule has 15 heavy (non-hydrogen) atoms. The number of rotatable bonds is 3. The highest BCUT2D eigenvalue weighted by Crippen LogP contribution is 2.25. The first kappa shape index (κ1) is 10.5. The Balaban J connectivity index is 1.87. The maximum Gasteiger partial charge on any atom is 0.0825 e. The number of H-pyrrole nitrogens is 1. The van der Waals surface area contributed by atoms with E-state index < -0.39 is 0 Å². The molecule has 1 fully saturated rings. The maximum absolute atomic E-state index is 4.19. The molecule has 3 heteroatoms. The van der Waals surface area contributed by atoms with Crippen LogP contribution in [0.5, 0.6) is 0 Å². The van der Waals surface area contributed by atoms with E-state index in [1.165, 1.54) is 37.8 Å². The third-order valence-corrected chi connectivity index (χ3v) is 3.42. The third-order valence-electron chi connectivity index (χ3n) is 3.42. The van der Waals surface area contributed by atoms with Gasteiger partial charge in [-0.15, -0.1) is 0 Å². The van der Waals surface area contributed by atoms with Crippen LogP contribution in [-0.2, 0) is 0 Å². The minimum atomic E-state index is 0.868. The SMILES string of the molecule is Cc1n[nH]c(C)c1NCC1CCCCC1. The van der Waals surface area contributed by atoms with Gasteiger partial charge in [0.15, 0.2) is 0 Å². The van der Waals surface area contributed by atoms with Crippen molar-refractivity contribution in [3.05, 3.63) is 11.4 Å².